The van der Waals surface area contributed by atoms with Gasteiger partial charge < -0.3 is 5.11 Å². The molecule has 3 aromatic carbocycles. The maximum Gasteiger partial charge on any atom is 0.140 e. The van der Waals surface area contributed by atoms with Gasteiger partial charge in [-0.25, -0.2) is 0 Å². The van der Waals surface area contributed by atoms with Gasteiger partial charge in [-0.3, -0.25) is 0 Å². The van der Waals surface area contributed by atoms with Crippen molar-refractivity contribution < 1.29 is 5.11 Å². The van der Waals surface area contributed by atoms with Crippen molar-refractivity contribution in [2.75, 3.05) is 0 Å². The molecular formula is C21H20OP+. The standard InChI is InChI=1S/C21H19OP/c1-18(22)17-23(19-11-5-2-6-12-19,20-13-7-3-8-14-20)21-15-9-4-10-16-21/h2-17H,1H3/p+1/b18-17+. The molecule has 2 heteroatoms. The van der Waals surface area contributed by atoms with Crippen molar-refractivity contribution in [3.8, 4) is 0 Å². The molecule has 0 spiro atoms. The number of hydrogen-bond donors (Lipinski definition) is 1. The van der Waals surface area contributed by atoms with E-state index in [4.69, 9.17) is 0 Å². The lowest BCUT2D eigenvalue weighted by Gasteiger charge is -2.24. The number of allylic oxidation sites excluding steroid dienone is 1. The van der Waals surface area contributed by atoms with Gasteiger partial charge in [0.15, 0.2) is 0 Å². The van der Waals surface area contributed by atoms with Gasteiger partial charge in [-0.1, -0.05) is 54.6 Å². The molecule has 0 fully saturated rings. The molecule has 23 heavy (non-hydrogen) atoms. The summed E-state index contributed by atoms with van der Waals surface area (Å²) >= 11 is 0. The van der Waals surface area contributed by atoms with E-state index >= 15 is 0 Å². The van der Waals surface area contributed by atoms with E-state index < -0.39 is 7.26 Å². The van der Waals surface area contributed by atoms with Gasteiger partial charge in [-0.15, -0.1) is 0 Å². The quantitative estimate of drug-likeness (QED) is 0.558. The van der Waals surface area contributed by atoms with Crippen molar-refractivity contribution in [2.24, 2.45) is 0 Å². The lowest BCUT2D eigenvalue weighted by Crippen LogP contribution is -2.29. The molecule has 0 amide bonds. The first-order chi connectivity index (χ1) is 11.2. The van der Waals surface area contributed by atoms with Gasteiger partial charge in [0.2, 0.25) is 0 Å². The minimum atomic E-state index is -2.02. The third kappa shape index (κ3) is 3.06. The predicted molar refractivity (Wildman–Crippen MR) is 102 cm³/mol. The Labute approximate surface area is 138 Å². The second-order valence-corrected chi connectivity index (χ2v) is 8.75. The van der Waals surface area contributed by atoms with Gasteiger partial charge in [-0.05, 0) is 43.3 Å². The zero-order valence-electron chi connectivity index (χ0n) is 13.1. The van der Waals surface area contributed by atoms with E-state index in [0.29, 0.717) is 5.76 Å². The van der Waals surface area contributed by atoms with Crippen molar-refractivity contribution in [1.29, 1.82) is 0 Å². The molecule has 3 rings (SSSR count). The van der Waals surface area contributed by atoms with Crippen LogP contribution in [0.4, 0.5) is 0 Å². The average Bonchev–Trinajstić information content (AvgIpc) is 2.62. The molecule has 0 aliphatic carbocycles. The molecule has 0 unspecified atom stereocenters. The summed E-state index contributed by atoms with van der Waals surface area (Å²) in [6.45, 7) is 1.75. The van der Waals surface area contributed by atoms with Gasteiger partial charge in [0.05, 0.1) is 0 Å². The summed E-state index contributed by atoms with van der Waals surface area (Å²) in [6, 6.07) is 31.4. The van der Waals surface area contributed by atoms with E-state index in [2.05, 4.69) is 72.8 Å². The van der Waals surface area contributed by atoms with Crippen LogP contribution in [0.15, 0.2) is 103 Å². The Kier molecular flexibility index (Phi) is 4.60. The normalized spacial score (nSPS) is 12.1. The molecule has 1 N–H and O–H groups in total. The van der Waals surface area contributed by atoms with Crippen molar-refractivity contribution in [3.63, 3.8) is 0 Å². The van der Waals surface area contributed by atoms with Crippen LogP contribution in [0.2, 0.25) is 0 Å². The SMILES string of the molecule is C/C(O)=C\[P+](c1ccccc1)(c1ccccc1)c1ccccc1. The lowest BCUT2D eigenvalue weighted by molar-refractivity contribution is 0.416. The number of benzene rings is 3. The van der Waals surface area contributed by atoms with Crippen LogP contribution >= 0.6 is 7.26 Å². The van der Waals surface area contributed by atoms with Crippen LogP contribution in [-0.4, -0.2) is 5.11 Å². The first-order valence-corrected chi connectivity index (χ1v) is 9.53. The Morgan fingerprint density at radius 2 is 0.957 bits per heavy atom. The third-order valence-electron chi connectivity index (χ3n) is 3.87. The largest absolute Gasteiger partial charge is 0.509 e. The molecular weight excluding hydrogens is 299 g/mol. The Hall–Kier alpha value is -2.37. The Bertz CT molecular complexity index is 679. The molecule has 3 aromatic rings. The van der Waals surface area contributed by atoms with Crippen molar-refractivity contribution in [1.82, 2.24) is 0 Å². The first-order valence-electron chi connectivity index (χ1n) is 7.67. The second-order valence-electron chi connectivity index (χ2n) is 5.50. The fourth-order valence-electron chi connectivity index (χ4n) is 2.94. The van der Waals surface area contributed by atoms with Crippen LogP contribution in [0.25, 0.3) is 0 Å². The summed E-state index contributed by atoms with van der Waals surface area (Å²) in [4.78, 5) is 0. The van der Waals surface area contributed by atoms with E-state index in [9.17, 15) is 5.11 Å². The van der Waals surface area contributed by atoms with Crippen molar-refractivity contribution >= 4 is 23.2 Å². The molecule has 0 saturated carbocycles. The third-order valence-corrected chi connectivity index (χ3v) is 7.97. The highest BCUT2D eigenvalue weighted by Crippen LogP contribution is 2.57. The molecule has 0 saturated heterocycles. The monoisotopic (exact) mass is 319 g/mol. The summed E-state index contributed by atoms with van der Waals surface area (Å²) in [5.74, 6) is 2.40. The first kappa shape index (κ1) is 15.5. The zero-order valence-corrected chi connectivity index (χ0v) is 14.0. The van der Waals surface area contributed by atoms with Crippen LogP contribution in [0.3, 0.4) is 0 Å². The minimum Gasteiger partial charge on any atom is -0.509 e. The average molecular weight is 319 g/mol. The van der Waals surface area contributed by atoms with Crippen LogP contribution in [-0.2, 0) is 0 Å². The summed E-state index contributed by atoms with van der Waals surface area (Å²) in [6.07, 6.45) is 0. The number of aliphatic hydroxyl groups excluding tert-OH is 1. The van der Waals surface area contributed by atoms with Gasteiger partial charge in [0.25, 0.3) is 0 Å². The van der Waals surface area contributed by atoms with E-state index in [1.807, 2.05) is 24.0 Å². The highest BCUT2D eigenvalue weighted by molar-refractivity contribution is 7.98. The fraction of sp³-hybridized carbons (Fsp3) is 0.0476. The smallest absolute Gasteiger partial charge is 0.140 e. The Morgan fingerprint density at radius 1 is 0.652 bits per heavy atom. The molecule has 0 heterocycles. The molecule has 0 bridgehead atoms. The summed E-state index contributed by atoms with van der Waals surface area (Å²) < 4.78 is 0. The number of hydrogen-bond acceptors (Lipinski definition) is 1. The molecule has 0 aliphatic heterocycles. The maximum absolute atomic E-state index is 10.2. The molecule has 0 radical (unpaired) electrons. The summed E-state index contributed by atoms with van der Waals surface area (Å²) in [5.41, 5.74) is 0. The zero-order chi connectivity index (χ0) is 16.1. The maximum atomic E-state index is 10.2. The number of rotatable bonds is 4. The Morgan fingerprint density at radius 3 is 1.22 bits per heavy atom. The van der Waals surface area contributed by atoms with E-state index in [1.54, 1.807) is 6.92 Å². The van der Waals surface area contributed by atoms with Gasteiger partial charge in [0.1, 0.15) is 34.8 Å². The van der Waals surface area contributed by atoms with Crippen LogP contribution in [0.1, 0.15) is 6.92 Å². The molecule has 0 atom stereocenters. The van der Waals surface area contributed by atoms with Crippen LogP contribution in [0, 0.1) is 0 Å². The van der Waals surface area contributed by atoms with Crippen LogP contribution < -0.4 is 15.9 Å². The highest BCUT2D eigenvalue weighted by Gasteiger charge is 2.43. The molecule has 114 valence electrons. The lowest BCUT2D eigenvalue weighted by atomic mass is 10.4. The van der Waals surface area contributed by atoms with Gasteiger partial charge in [-0.2, -0.15) is 0 Å². The summed E-state index contributed by atoms with van der Waals surface area (Å²) in [7, 11) is -2.02. The highest BCUT2D eigenvalue weighted by atomic mass is 31.2. The predicted octanol–water partition coefficient (Wildman–Crippen LogP) is 4.40. The van der Waals surface area contributed by atoms with Crippen molar-refractivity contribution in [2.45, 2.75) is 6.92 Å². The van der Waals surface area contributed by atoms with E-state index in [-0.39, 0.29) is 0 Å². The van der Waals surface area contributed by atoms with E-state index in [1.165, 1.54) is 15.9 Å². The molecule has 0 aliphatic rings. The molecule has 1 nitrogen and oxygen atoms in total. The fourth-order valence-corrected chi connectivity index (χ4v) is 6.77. The second kappa shape index (κ2) is 6.81. The minimum absolute atomic E-state index is 0.356. The Balaban J connectivity index is 2.38. The summed E-state index contributed by atoms with van der Waals surface area (Å²) in [5, 5.41) is 13.9. The van der Waals surface area contributed by atoms with Crippen LogP contribution in [0.5, 0.6) is 0 Å². The van der Waals surface area contributed by atoms with Gasteiger partial charge >= 0.3 is 0 Å². The topological polar surface area (TPSA) is 20.2 Å². The molecule has 0 aromatic heterocycles. The number of aliphatic hydroxyl groups is 1. The van der Waals surface area contributed by atoms with Gasteiger partial charge in [0, 0.05) is 0 Å². The van der Waals surface area contributed by atoms with Crippen molar-refractivity contribution in [3.05, 3.63) is 103 Å². The van der Waals surface area contributed by atoms with E-state index in [0.717, 1.165) is 0 Å².